The summed E-state index contributed by atoms with van der Waals surface area (Å²) in [6.45, 7) is 4.06. The van der Waals surface area contributed by atoms with Gasteiger partial charge in [0.25, 0.3) is 0 Å². The van der Waals surface area contributed by atoms with Crippen molar-refractivity contribution < 1.29 is 0 Å². The molecule has 0 saturated heterocycles. The van der Waals surface area contributed by atoms with Crippen LogP contribution in [0.1, 0.15) is 24.4 Å². The van der Waals surface area contributed by atoms with Crippen molar-refractivity contribution >= 4 is 11.0 Å². The zero-order valence-electron chi connectivity index (χ0n) is 11.2. The molecule has 1 aromatic heterocycles. The van der Waals surface area contributed by atoms with Crippen LogP contribution in [0, 0.1) is 6.92 Å². The van der Waals surface area contributed by atoms with E-state index in [0.717, 1.165) is 22.5 Å². The zero-order valence-corrected chi connectivity index (χ0v) is 11.2. The molecule has 2 N–H and O–H groups in total. The molecule has 0 aliphatic carbocycles. The average Bonchev–Trinajstić information content (AvgIpc) is 2.78. The summed E-state index contributed by atoms with van der Waals surface area (Å²) in [5.41, 5.74) is 10.5. The standard InChI is InChI=1S/C16H17N3/c1-11-6-5-7-13(10-11)19-15-9-4-3-8-14(15)18-16(19)12(2)17/h3-10,12H,17H2,1-2H3. The lowest BCUT2D eigenvalue weighted by atomic mass is 10.2. The number of hydrogen-bond acceptors (Lipinski definition) is 2. The van der Waals surface area contributed by atoms with Gasteiger partial charge < -0.3 is 5.73 Å². The third kappa shape index (κ3) is 2.02. The number of aryl methyl sites for hydroxylation is 1. The maximum absolute atomic E-state index is 6.07. The van der Waals surface area contributed by atoms with Crippen LogP contribution < -0.4 is 5.73 Å². The zero-order chi connectivity index (χ0) is 13.4. The van der Waals surface area contributed by atoms with E-state index in [9.17, 15) is 0 Å². The summed E-state index contributed by atoms with van der Waals surface area (Å²) < 4.78 is 2.15. The molecule has 1 atom stereocenters. The molecule has 0 amide bonds. The number of aromatic nitrogens is 2. The third-order valence-corrected chi connectivity index (χ3v) is 3.25. The van der Waals surface area contributed by atoms with Crippen LogP contribution in [-0.2, 0) is 0 Å². The topological polar surface area (TPSA) is 43.8 Å². The molecule has 3 nitrogen and oxygen atoms in total. The van der Waals surface area contributed by atoms with Crippen molar-refractivity contribution in [2.75, 3.05) is 0 Å². The van der Waals surface area contributed by atoms with Gasteiger partial charge >= 0.3 is 0 Å². The summed E-state index contributed by atoms with van der Waals surface area (Å²) in [6.07, 6.45) is 0. The second-order valence-electron chi connectivity index (χ2n) is 4.92. The molecule has 2 aromatic carbocycles. The lowest BCUT2D eigenvalue weighted by Crippen LogP contribution is -2.12. The molecule has 1 heterocycles. The van der Waals surface area contributed by atoms with E-state index >= 15 is 0 Å². The van der Waals surface area contributed by atoms with Gasteiger partial charge in [-0.3, -0.25) is 4.57 Å². The molecule has 3 heteroatoms. The van der Waals surface area contributed by atoms with E-state index in [1.165, 1.54) is 5.56 Å². The molecule has 19 heavy (non-hydrogen) atoms. The van der Waals surface area contributed by atoms with Crippen LogP contribution in [0.15, 0.2) is 48.5 Å². The highest BCUT2D eigenvalue weighted by Crippen LogP contribution is 2.24. The Hall–Kier alpha value is -2.13. The smallest absolute Gasteiger partial charge is 0.131 e. The number of nitrogens with zero attached hydrogens (tertiary/aromatic N) is 2. The molecular weight excluding hydrogens is 234 g/mol. The quantitative estimate of drug-likeness (QED) is 0.759. The number of imidazole rings is 1. The Balaban J connectivity index is 2.34. The summed E-state index contributed by atoms with van der Waals surface area (Å²) in [6, 6.07) is 16.4. The Morgan fingerprint density at radius 3 is 2.63 bits per heavy atom. The predicted molar refractivity (Wildman–Crippen MR) is 78.4 cm³/mol. The maximum Gasteiger partial charge on any atom is 0.131 e. The molecule has 3 aromatic rings. The largest absolute Gasteiger partial charge is 0.322 e. The summed E-state index contributed by atoms with van der Waals surface area (Å²) in [5.74, 6) is 0.895. The van der Waals surface area contributed by atoms with Crippen molar-refractivity contribution in [2.45, 2.75) is 19.9 Å². The molecule has 0 aliphatic rings. The van der Waals surface area contributed by atoms with Crippen molar-refractivity contribution in [3.63, 3.8) is 0 Å². The minimum atomic E-state index is -0.104. The molecular formula is C16H17N3. The number of para-hydroxylation sites is 2. The van der Waals surface area contributed by atoms with E-state index in [2.05, 4.69) is 46.8 Å². The van der Waals surface area contributed by atoms with Gasteiger partial charge in [0.1, 0.15) is 5.82 Å². The van der Waals surface area contributed by atoms with E-state index < -0.39 is 0 Å². The van der Waals surface area contributed by atoms with Crippen molar-refractivity contribution in [3.05, 3.63) is 59.9 Å². The summed E-state index contributed by atoms with van der Waals surface area (Å²) in [5, 5.41) is 0. The van der Waals surface area contributed by atoms with Crippen LogP contribution >= 0.6 is 0 Å². The minimum Gasteiger partial charge on any atom is -0.322 e. The molecule has 0 fully saturated rings. The van der Waals surface area contributed by atoms with Gasteiger partial charge in [-0.2, -0.15) is 0 Å². The summed E-state index contributed by atoms with van der Waals surface area (Å²) in [4.78, 5) is 4.66. The summed E-state index contributed by atoms with van der Waals surface area (Å²) in [7, 11) is 0. The molecule has 0 bridgehead atoms. The van der Waals surface area contributed by atoms with Crippen LogP contribution in [0.5, 0.6) is 0 Å². The van der Waals surface area contributed by atoms with Crippen LogP contribution in [0.3, 0.4) is 0 Å². The fourth-order valence-electron chi connectivity index (χ4n) is 2.39. The second kappa shape index (κ2) is 4.52. The molecule has 0 aliphatic heterocycles. The fourth-order valence-corrected chi connectivity index (χ4v) is 2.39. The maximum atomic E-state index is 6.07. The Labute approximate surface area is 112 Å². The van der Waals surface area contributed by atoms with E-state index in [4.69, 9.17) is 5.73 Å². The average molecular weight is 251 g/mol. The lowest BCUT2D eigenvalue weighted by molar-refractivity contribution is 0.727. The Morgan fingerprint density at radius 2 is 1.89 bits per heavy atom. The first kappa shape index (κ1) is 11.9. The Kier molecular flexibility index (Phi) is 2.84. The number of rotatable bonds is 2. The first-order valence-electron chi connectivity index (χ1n) is 6.47. The monoisotopic (exact) mass is 251 g/mol. The van der Waals surface area contributed by atoms with Crippen molar-refractivity contribution in [2.24, 2.45) is 5.73 Å². The molecule has 0 radical (unpaired) electrons. The van der Waals surface area contributed by atoms with Gasteiger partial charge in [0.2, 0.25) is 0 Å². The molecule has 1 unspecified atom stereocenters. The molecule has 96 valence electrons. The van der Waals surface area contributed by atoms with Crippen molar-refractivity contribution in [3.8, 4) is 5.69 Å². The predicted octanol–water partition coefficient (Wildman–Crippen LogP) is 3.35. The van der Waals surface area contributed by atoms with E-state index in [1.807, 2.05) is 25.1 Å². The van der Waals surface area contributed by atoms with E-state index in [1.54, 1.807) is 0 Å². The van der Waals surface area contributed by atoms with Gasteiger partial charge in [-0.1, -0.05) is 24.3 Å². The Bertz CT molecular complexity index is 726. The highest BCUT2D eigenvalue weighted by atomic mass is 15.1. The number of nitrogens with two attached hydrogens (primary N) is 1. The highest BCUT2D eigenvalue weighted by molar-refractivity contribution is 5.78. The summed E-state index contributed by atoms with van der Waals surface area (Å²) >= 11 is 0. The van der Waals surface area contributed by atoms with Crippen LogP contribution in [-0.4, -0.2) is 9.55 Å². The highest BCUT2D eigenvalue weighted by Gasteiger charge is 2.14. The minimum absolute atomic E-state index is 0.104. The van der Waals surface area contributed by atoms with E-state index in [0.29, 0.717) is 0 Å². The molecule has 3 rings (SSSR count). The fraction of sp³-hybridized carbons (Fsp3) is 0.188. The van der Waals surface area contributed by atoms with Crippen LogP contribution in [0.4, 0.5) is 0 Å². The lowest BCUT2D eigenvalue weighted by Gasteiger charge is -2.12. The third-order valence-electron chi connectivity index (χ3n) is 3.25. The van der Waals surface area contributed by atoms with Crippen LogP contribution in [0.25, 0.3) is 16.7 Å². The van der Waals surface area contributed by atoms with Gasteiger partial charge in [0, 0.05) is 5.69 Å². The molecule has 0 saturated carbocycles. The van der Waals surface area contributed by atoms with Crippen LogP contribution in [0.2, 0.25) is 0 Å². The number of benzene rings is 2. The molecule has 0 spiro atoms. The normalized spacial score (nSPS) is 12.8. The van der Waals surface area contributed by atoms with Gasteiger partial charge in [-0.15, -0.1) is 0 Å². The second-order valence-corrected chi connectivity index (χ2v) is 4.92. The van der Waals surface area contributed by atoms with Gasteiger partial charge in [-0.05, 0) is 43.7 Å². The van der Waals surface area contributed by atoms with Crippen molar-refractivity contribution in [1.82, 2.24) is 9.55 Å². The Morgan fingerprint density at radius 1 is 1.11 bits per heavy atom. The van der Waals surface area contributed by atoms with Crippen molar-refractivity contribution in [1.29, 1.82) is 0 Å². The number of fused-ring (bicyclic) bond motifs is 1. The van der Waals surface area contributed by atoms with Gasteiger partial charge in [-0.25, -0.2) is 4.98 Å². The first-order valence-corrected chi connectivity index (χ1v) is 6.47. The first-order chi connectivity index (χ1) is 9.16. The number of hydrogen-bond donors (Lipinski definition) is 1. The van der Waals surface area contributed by atoms with Gasteiger partial charge in [0.15, 0.2) is 0 Å². The van der Waals surface area contributed by atoms with E-state index in [-0.39, 0.29) is 6.04 Å². The van der Waals surface area contributed by atoms with Gasteiger partial charge in [0.05, 0.1) is 17.1 Å². The SMILES string of the molecule is Cc1cccc(-n2c(C(C)N)nc3ccccc32)c1.